The van der Waals surface area contributed by atoms with Crippen molar-refractivity contribution in [3.8, 4) is 5.75 Å². The fourth-order valence-electron chi connectivity index (χ4n) is 2.73. The summed E-state index contributed by atoms with van der Waals surface area (Å²) < 4.78 is 24.3. The largest absolute Gasteiger partial charge is 0.489 e. The number of esters is 1. The average Bonchev–Trinajstić information content (AvgIpc) is 2.76. The van der Waals surface area contributed by atoms with Gasteiger partial charge in [-0.1, -0.05) is 41.9 Å². The minimum atomic E-state index is -0.769. The zero-order valence-electron chi connectivity index (χ0n) is 18.2. The minimum absolute atomic E-state index is 0.0738. The Kier molecular flexibility index (Phi) is 9.87. The number of hydrogen-bond donors (Lipinski definition) is 2. The normalized spacial score (nSPS) is 12.4. The summed E-state index contributed by atoms with van der Waals surface area (Å²) in [7, 11) is 0. The van der Waals surface area contributed by atoms with Crippen LogP contribution in [0.4, 0.5) is 4.39 Å². The van der Waals surface area contributed by atoms with Crippen LogP contribution in [0.15, 0.2) is 58.7 Å². The van der Waals surface area contributed by atoms with E-state index in [2.05, 4.69) is 21.2 Å². The van der Waals surface area contributed by atoms with Crippen molar-refractivity contribution in [2.45, 2.75) is 33.4 Å². The minimum Gasteiger partial charge on any atom is -0.489 e. The quantitative estimate of drug-likeness (QED) is 0.154. The van der Waals surface area contributed by atoms with Gasteiger partial charge in [-0.25, -0.2) is 9.18 Å². The fraction of sp³-hybridized carbons (Fsp3) is 0.333. The molecular formula is C24H27BrFNO5. The van der Waals surface area contributed by atoms with Crippen LogP contribution in [-0.4, -0.2) is 36.1 Å². The van der Waals surface area contributed by atoms with Gasteiger partial charge in [-0.2, -0.15) is 0 Å². The van der Waals surface area contributed by atoms with E-state index in [1.54, 1.807) is 31.2 Å². The van der Waals surface area contributed by atoms with E-state index in [0.717, 1.165) is 5.56 Å². The molecule has 0 radical (unpaired) electrons. The summed E-state index contributed by atoms with van der Waals surface area (Å²) in [4.78, 5) is 25.7. The summed E-state index contributed by atoms with van der Waals surface area (Å²) in [5, 5.41) is 12.5. The van der Waals surface area contributed by atoms with Crippen LogP contribution in [0.1, 0.15) is 36.7 Å². The van der Waals surface area contributed by atoms with Gasteiger partial charge in [0.2, 0.25) is 5.78 Å². The molecule has 0 unspecified atom stereocenters. The first-order chi connectivity index (χ1) is 15.3. The molecule has 2 rings (SSSR count). The molecule has 172 valence electrons. The Morgan fingerprint density at radius 2 is 1.88 bits per heavy atom. The molecule has 8 heteroatoms. The molecule has 2 N–H and O–H groups in total. The molecule has 6 nitrogen and oxygen atoms in total. The summed E-state index contributed by atoms with van der Waals surface area (Å²) in [6.45, 7) is 5.61. The van der Waals surface area contributed by atoms with Crippen LogP contribution >= 0.6 is 15.9 Å². The van der Waals surface area contributed by atoms with E-state index in [-0.39, 0.29) is 48.7 Å². The van der Waals surface area contributed by atoms with Crippen LogP contribution in [0.3, 0.4) is 0 Å². The molecule has 0 spiro atoms. The lowest BCUT2D eigenvalue weighted by molar-refractivity contribution is -0.138. The SMILES string of the molecule is CCOC(=O)/C(=C\N[C@H](CO)C(C)C)C(=O)c1cc(OCc2ccc(F)cc2)ccc1Br. The topological polar surface area (TPSA) is 84.9 Å². The van der Waals surface area contributed by atoms with Crippen molar-refractivity contribution in [3.05, 3.63) is 75.7 Å². The Morgan fingerprint density at radius 1 is 1.19 bits per heavy atom. The second-order valence-electron chi connectivity index (χ2n) is 7.36. The second-order valence-corrected chi connectivity index (χ2v) is 8.22. The molecule has 0 heterocycles. The lowest BCUT2D eigenvalue weighted by Crippen LogP contribution is -2.34. The van der Waals surface area contributed by atoms with Crippen molar-refractivity contribution in [2.75, 3.05) is 13.2 Å². The van der Waals surface area contributed by atoms with E-state index in [4.69, 9.17) is 9.47 Å². The second kappa shape index (κ2) is 12.4. The number of rotatable bonds is 11. The summed E-state index contributed by atoms with van der Waals surface area (Å²) in [6, 6.07) is 10.4. The third-order valence-corrected chi connectivity index (χ3v) is 5.38. The van der Waals surface area contributed by atoms with Crippen LogP contribution in [0, 0.1) is 11.7 Å². The maximum atomic E-state index is 13.2. The van der Waals surface area contributed by atoms with Crippen LogP contribution in [0.5, 0.6) is 5.75 Å². The molecule has 0 aliphatic carbocycles. The van der Waals surface area contributed by atoms with E-state index >= 15 is 0 Å². The van der Waals surface area contributed by atoms with Gasteiger partial charge < -0.3 is 19.9 Å². The van der Waals surface area contributed by atoms with Gasteiger partial charge in [0.1, 0.15) is 23.7 Å². The van der Waals surface area contributed by atoms with Gasteiger partial charge in [0.15, 0.2) is 0 Å². The molecule has 0 amide bonds. The Morgan fingerprint density at radius 3 is 2.47 bits per heavy atom. The number of carbonyl (C=O) groups is 2. The maximum absolute atomic E-state index is 13.2. The highest BCUT2D eigenvalue weighted by Crippen LogP contribution is 2.26. The number of benzene rings is 2. The molecule has 2 aromatic carbocycles. The van der Waals surface area contributed by atoms with Crippen molar-refractivity contribution >= 4 is 27.7 Å². The fourth-order valence-corrected chi connectivity index (χ4v) is 3.16. The molecule has 0 aromatic heterocycles. The predicted molar refractivity (Wildman–Crippen MR) is 123 cm³/mol. The van der Waals surface area contributed by atoms with Crippen LogP contribution < -0.4 is 10.1 Å². The number of nitrogens with one attached hydrogen (secondary N) is 1. The number of carbonyl (C=O) groups excluding carboxylic acids is 2. The molecule has 0 saturated carbocycles. The zero-order chi connectivity index (χ0) is 23.7. The maximum Gasteiger partial charge on any atom is 0.343 e. The van der Waals surface area contributed by atoms with E-state index in [1.165, 1.54) is 24.4 Å². The van der Waals surface area contributed by atoms with Gasteiger partial charge in [-0.05, 0) is 48.7 Å². The van der Waals surface area contributed by atoms with E-state index in [0.29, 0.717) is 10.2 Å². The number of halogens is 2. The highest BCUT2D eigenvalue weighted by molar-refractivity contribution is 9.10. The highest BCUT2D eigenvalue weighted by Gasteiger charge is 2.24. The lowest BCUT2D eigenvalue weighted by atomic mass is 10.0. The lowest BCUT2D eigenvalue weighted by Gasteiger charge is -2.19. The van der Waals surface area contributed by atoms with Gasteiger partial charge in [0, 0.05) is 16.2 Å². The smallest absolute Gasteiger partial charge is 0.343 e. The molecule has 0 aliphatic rings. The first kappa shape index (κ1) is 25.5. The monoisotopic (exact) mass is 507 g/mol. The van der Waals surface area contributed by atoms with Gasteiger partial charge in [-0.15, -0.1) is 0 Å². The van der Waals surface area contributed by atoms with Gasteiger partial charge >= 0.3 is 5.97 Å². The van der Waals surface area contributed by atoms with E-state index in [9.17, 15) is 19.1 Å². The van der Waals surface area contributed by atoms with E-state index < -0.39 is 11.8 Å². The summed E-state index contributed by atoms with van der Waals surface area (Å²) >= 11 is 3.35. The number of hydrogen-bond acceptors (Lipinski definition) is 6. The molecule has 0 saturated heterocycles. The Balaban J connectivity index is 2.28. The summed E-state index contributed by atoms with van der Waals surface area (Å²) in [5.74, 6) is -1.18. The van der Waals surface area contributed by atoms with E-state index in [1.807, 2.05) is 13.8 Å². The molecule has 0 bridgehead atoms. The van der Waals surface area contributed by atoms with Crippen molar-refractivity contribution in [2.24, 2.45) is 5.92 Å². The number of ketones is 1. The average molecular weight is 508 g/mol. The van der Waals surface area contributed by atoms with Crippen molar-refractivity contribution < 1.29 is 28.6 Å². The number of Topliss-reactive ketones (excluding diaryl/α,β-unsaturated/α-hetero) is 1. The third-order valence-electron chi connectivity index (χ3n) is 4.68. The number of aliphatic hydroxyl groups excluding tert-OH is 1. The third kappa shape index (κ3) is 7.17. The van der Waals surface area contributed by atoms with Gasteiger partial charge in [0.25, 0.3) is 0 Å². The van der Waals surface area contributed by atoms with Crippen molar-refractivity contribution in [1.29, 1.82) is 0 Å². The Bertz CT molecular complexity index is 959. The summed E-state index contributed by atoms with van der Waals surface area (Å²) in [5.41, 5.74) is 0.789. The Hall–Kier alpha value is -2.71. The molecule has 32 heavy (non-hydrogen) atoms. The van der Waals surface area contributed by atoms with Gasteiger partial charge in [-0.3, -0.25) is 4.79 Å². The van der Waals surface area contributed by atoms with Crippen LogP contribution in [0.25, 0.3) is 0 Å². The molecule has 1 atom stereocenters. The van der Waals surface area contributed by atoms with Crippen LogP contribution in [0.2, 0.25) is 0 Å². The Labute approximate surface area is 195 Å². The first-order valence-electron chi connectivity index (χ1n) is 10.2. The van der Waals surface area contributed by atoms with Crippen molar-refractivity contribution in [1.82, 2.24) is 5.32 Å². The molecular weight excluding hydrogens is 481 g/mol. The summed E-state index contributed by atoms with van der Waals surface area (Å²) in [6.07, 6.45) is 1.29. The van der Waals surface area contributed by atoms with Gasteiger partial charge in [0.05, 0.1) is 19.3 Å². The number of aliphatic hydroxyl groups is 1. The zero-order valence-corrected chi connectivity index (χ0v) is 19.8. The highest BCUT2D eigenvalue weighted by atomic mass is 79.9. The molecule has 2 aromatic rings. The number of ether oxygens (including phenoxy) is 2. The van der Waals surface area contributed by atoms with Crippen molar-refractivity contribution in [3.63, 3.8) is 0 Å². The standard InChI is InChI=1S/C24H27BrFNO5/c1-4-31-24(30)20(12-27-22(13-28)15(2)3)23(29)19-11-18(9-10-21(19)25)32-14-16-5-7-17(26)8-6-16/h5-12,15,22,27-28H,4,13-14H2,1-3H3/b20-12-/t22-/m1/s1. The first-order valence-corrected chi connectivity index (χ1v) is 11.0. The predicted octanol–water partition coefficient (Wildman–Crippen LogP) is 4.40. The molecule has 0 aliphatic heterocycles. The molecule has 0 fully saturated rings. The van der Waals surface area contributed by atoms with Crippen LogP contribution in [-0.2, 0) is 16.1 Å².